The number of aliphatic imine (C=N–C) groups is 1. The van der Waals surface area contributed by atoms with E-state index in [-0.39, 0.29) is 30.6 Å². The van der Waals surface area contributed by atoms with Crippen molar-refractivity contribution in [1.29, 1.82) is 0 Å². The van der Waals surface area contributed by atoms with Gasteiger partial charge in [0.25, 0.3) is 5.91 Å². The normalized spacial score (nSPS) is 15.8. The van der Waals surface area contributed by atoms with Crippen molar-refractivity contribution in [3.05, 3.63) is 65.7 Å². The first-order chi connectivity index (χ1) is 13.5. The molecular formula is C21H21N3O3S. The number of amides is 3. The molecule has 2 N–H and O–H groups in total. The molecular weight excluding hydrogens is 374 g/mol. The Bertz CT molecular complexity index is 895. The number of nitrogens with one attached hydrogen (secondary N) is 2. The Balaban J connectivity index is 1.44. The summed E-state index contributed by atoms with van der Waals surface area (Å²) in [6.45, 7) is 2.39. The van der Waals surface area contributed by atoms with Crippen LogP contribution in [-0.4, -0.2) is 28.0 Å². The topological polar surface area (TPSA) is 87.6 Å². The summed E-state index contributed by atoms with van der Waals surface area (Å²) in [6.07, 6.45) is 0.0648. The van der Waals surface area contributed by atoms with Gasteiger partial charge in [0.1, 0.15) is 5.25 Å². The fourth-order valence-corrected chi connectivity index (χ4v) is 3.73. The highest BCUT2D eigenvalue weighted by molar-refractivity contribution is 8.15. The molecule has 0 aliphatic carbocycles. The summed E-state index contributed by atoms with van der Waals surface area (Å²) in [5.74, 6) is -0.817. The zero-order valence-corrected chi connectivity index (χ0v) is 16.3. The van der Waals surface area contributed by atoms with Gasteiger partial charge in [0, 0.05) is 18.7 Å². The van der Waals surface area contributed by atoms with Crippen LogP contribution < -0.4 is 10.6 Å². The Hall–Kier alpha value is -2.93. The van der Waals surface area contributed by atoms with Crippen LogP contribution in [0.3, 0.4) is 0 Å². The average molecular weight is 395 g/mol. The van der Waals surface area contributed by atoms with E-state index in [1.165, 1.54) is 11.8 Å². The summed E-state index contributed by atoms with van der Waals surface area (Å²) in [5.41, 5.74) is 2.79. The summed E-state index contributed by atoms with van der Waals surface area (Å²) in [4.78, 5) is 40.3. The first kappa shape index (κ1) is 19.8. The van der Waals surface area contributed by atoms with Crippen molar-refractivity contribution in [2.24, 2.45) is 4.99 Å². The highest BCUT2D eigenvalue weighted by atomic mass is 32.2. The zero-order valence-electron chi connectivity index (χ0n) is 15.5. The van der Waals surface area contributed by atoms with Crippen molar-refractivity contribution >= 4 is 40.2 Å². The Labute approximate surface area is 167 Å². The summed E-state index contributed by atoms with van der Waals surface area (Å²) >= 11 is 1.19. The predicted octanol–water partition coefficient (Wildman–Crippen LogP) is 3.07. The fourth-order valence-electron chi connectivity index (χ4n) is 2.66. The van der Waals surface area contributed by atoms with Gasteiger partial charge in [0.2, 0.25) is 11.8 Å². The van der Waals surface area contributed by atoms with Gasteiger partial charge in [-0.25, -0.2) is 4.99 Å². The lowest BCUT2D eigenvalue weighted by Gasteiger charge is -2.09. The lowest BCUT2D eigenvalue weighted by atomic mass is 10.2. The van der Waals surface area contributed by atoms with Gasteiger partial charge >= 0.3 is 0 Å². The molecule has 1 heterocycles. The van der Waals surface area contributed by atoms with E-state index in [4.69, 9.17) is 0 Å². The summed E-state index contributed by atoms with van der Waals surface area (Å²) in [5, 5.41) is 5.45. The van der Waals surface area contributed by atoms with Crippen LogP contribution in [0.15, 0.2) is 59.6 Å². The number of nitrogens with zero attached hydrogens (tertiary/aromatic N) is 1. The summed E-state index contributed by atoms with van der Waals surface area (Å²) < 4.78 is 0. The van der Waals surface area contributed by atoms with Crippen molar-refractivity contribution in [3.8, 4) is 0 Å². The van der Waals surface area contributed by atoms with Crippen molar-refractivity contribution in [1.82, 2.24) is 5.32 Å². The lowest BCUT2D eigenvalue weighted by Crippen LogP contribution is -2.24. The Morgan fingerprint density at radius 3 is 2.46 bits per heavy atom. The highest BCUT2D eigenvalue weighted by Gasteiger charge is 2.31. The van der Waals surface area contributed by atoms with E-state index >= 15 is 0 Å². The number of hydrogen-bond donors (Lipinski definition) is 2. The number of rotatable bonds is 7. The van der Waals surface area contributed by atoms with Crippen molar-refractivity contribution < 1.29 is 14.4 Å². The third-order valence-electron chi connectivity index (χ3n) is 4.14. The lowest BCUT2D eigenvalue weighted by molar-refractivity contribution is -0.121. The van der Waals surface area contributed by atoms with Crippen LogP contribution in [0.2, 0.25) is 0 Å². The first-order valence-electron chi connectivity index (χ1n) is 8.95. The molecule has 3 amide bonds. The number of benzene rings is 2. The van der Waals surface area contributed by atoms with Gasteiger partial charge in [-0.2, -0.15) is 0 Å². The minimum atomic E-state index is -0.581. The molecule has 1 aliphatic rings. The maximum Gasteiger partial charge on any atom is 0.260 e. The van der Waals surface area contributed by atoms with Crippen LogP contribution in [0.1, 0.15) is 24.0 Å². The standard InChI is InChI=1S/C21H21N3O3S/c1-14-7-9-16(10-8-14)23-19(26)11-17-21(27)24-20(28-17)12-18(25)22-13-15-5-3-2-4-6-15/h2-10,17H,11-13H2,1H3,(H,22,25)(H,23,26)/t17-/m0/s1. The summed E-state index contributed by atoms with van der Waals surface area (Å²) in [6, 6.07) is 17.0. The molecule has 2 aromatic rings. The minimum absolute atomic E-state index is 0.0238. The van der Waals surface area contributed by atoms with E-state index in [0.29, 0.717) is 17.3 Å². The molecule has 0 aromatic heterocycles. The second kappa shape index (κ2) is 9.32. The van der Waals surface area contributed by atoms with Crippen LogP contribution in [0.25, 0.3) is 0 Å². The van der Waals surface area contributed by atoms with Crippen LogP contribution in [0.4, 0.5) is 5.69 Å². The number of anilines is 1. The van der Waals surface area contributed by atoms with Crippen LogP contribution >= 0.6 is 11.8 Å². The Morgan fingerprint density at radius 1 is 1.04 bits per heavy atom. The molecule has 6 nitrogen and oxygen atoms in total. The molecule has 0 radical (unpaired) electrons. The molecule has 7 heteroatoms. The SMILES string of the molecule is Cc1ccc(NC(=O)C[C@@H]2SC(CC(=O)NCc3ccccc3)=NC2=O)cc1. The molecule has 144 valence electrons. The summed E-state index contributed by atoms with van der Waals surface area (Å²) in [7, 11) is 0. The van der Waals surface area contributed by atoms with Crippen molar-refractivity contribution in [2.45, 2.75) is 31.6 Å². The number of hydrogen-bond acceptors (Lipinski definition) is 4. The van der Waals surface area contributed by atoms with Crippen molar-refractivity contribution in [3.63, 3.8) is 0 Å². The average Bonchev–Trinajstić information content (AvgIpc) is 3.01. The zero-order chi connectivity index (χ0) is 19.9. The molecule has 1 atom stereocenters. The van der Waals surface area contributed by atoms with E-state index in [1.807, 2.05) is 61.5 Å². The van der Waals surface area contributed by atoms with Crippen LogP contribution in [-0.2, 0) is 20.9 Å². The molecule has 3 rings (SSSR count). The van der Waals surface area contributed by atoms with E-state index in [9.17, 15) is 14.4 Å². The first-order valence-corrected chi connectivity index (χ1v) is 9.83. The second-order valence-corrected chi connectivity index (χ2v) is 7.78. The number of aryl methyl sites for hydroxylation is 1. The van der Waals surface area contributed by atoms with E-state index in [1.54, 1.807) is 0 Å². The highest BCUT2D eigenvalue weighted by Crippen LogP contribution is 2.27. The van der Waals surface area contributed by atoms with Gasteiger partial charge in [-0.3, -0.25) is 14.4 Å². The molecule has 0 spiro atoms. The monoisotopic (exact) mass is 395 g/mol. The molecule has 2 aromatic carbocycles. The van der Waals surface area contributed by atoms with E-state index < -0.39 is 5.25 Å². The fraction of sp³-hybridized carbons (Fsp3) is 0.238. The van der Waals surface area contributed by atoms with E-state index in [0.717, 1.165) is 11.1 Å². The van der Waals surface area contributed by atoms with Gasteiger partial charge in [0.05, 0.1) is 11.5 Å². The number of carbonyl (C=O) groups is 3. The van der Waals surface area contributed by atoms with E-state index in [2.05, 4.69) is 15.6 Å². The molecule has 0 saturated heterocycles. The van der Waals surface area contributed by atoms with Gasteiger partial charge in [-0.1, -0.05) is 59.8 Å². The maximum absolute atomic E-state index is 12.2. The molecule has 0 bridgehead atoms. The minimum Gasteiger partial charge on any atom is -0.352 e. The molecule has 0 unspecified atom stereocenters. The van der Waals surface area contributed by atoms with Gasteiger partial charge < -0.3 is 10.6 Å². The van der Waals surface area contributed by atoms with Gasteiger partial charge in [-0.15, -0.1) is 0 Å². The van der Waals surface area contributed by atoms with Crippen molar-refractivity contribution in [2.75, 3.05) is 5.32 Å². The maximum atomic E-state index is 12.2. The van der Waals surface area contributed by atoms with Gasteiger partial charge in [-0.05, 0) is 24.6 Å². The Kier molecular flexibility index (Phi) is 6.60. The predicted molar refractivity (Wildman–Crippen MR) is 111 cm³/mol. The molecule has 28 heavy (non-hydrogen) atoms. The van der Waals surface area contributed by atoms with Crippen LogP contribution in [0.5, 0.6) is 0 Å². The van der Waals surface area contributed by atoms with Gasteiger partial charge in [0.15, 0.2) is 0 Å². The Morgan fingerprint density at radius 2 is 1.75 bits per heavy atom. The largest absolute Gasteiger partial charge is 0.352 e. The third-order valence-corrected chi connectivity index (χ3v) is 5.30. The molecule has 1 aliphatic heterocycles. The number of carbonyl (C=O) groups excluding carboxylic acids is 3. The smallest absolute Gasteiger partial charge is 0.260 e. The third kappa shape index (κ3) is 5.79. The second-order valence-electron chi connectivity index (χ2n) is 6.51. The quantitative estimate of drug-likeness (QED) is 0.754. The van der Waals surface area contributed by atoms with Crippen LogP contribution in [0, 0.1) is 6.92 Å². The number of thioether (sulfide) groups is 1. The molecule has 0 saturated carbocycles. The molecule has 0 fully saturated rings.